The number of anilines is 1. The lowest BCUT2D eigenvalue weighted by Gasteiger charge is -2.15. The first-order valence-corrected chi connectivity index (χ1v) is 10.7. The van der Waals surface area contributed by atoms with Gasteiger partial charge in [0.15, 0.2) is 5.16 Å². The topological polar surface area (TPSA) is 64.0 Å². The lowest BCUT2D eigenvalue weighted by molar-refractivity contribution is -0.137. The van der Waals surface area contributed by atoms with Crippen LogP contribution in [0.3, 0.4) is 0 Å². The fraction of sp³-hybridized carbons (Fsp3) is 0.0870. The van der Waals surface area contributed by atoms with Crippen LogP contribution in [0.1, 0.15) is 5.56 Å². The number of amides is 1. The molecule has 1 heterocycles. The molecule has 5 nitrogen and oxygen atoms in total. The van der Waals surface area contributed by atoms with E-state index < -0.39 is 46.3 Å². The molecule has 0 saturated carbocycles. The highest BCUT2D eigenvalue weighted by Gasteiger charge is 2.33. The Morgan fingerprint density at radius 2 is 1.71 bits per heavy atom. The van der Waals surface area contributed by atoms with Crippen LogP contribution in [-0.4, -0.2) is 21.2 Å². The Hall–Kier alpha value is -3.73. The van der Waals surface area contributed by atoms with Gasteiger partial charge in [-0.05, 0) is 36.4 Å². The third kappa shape index (κ3) is 4.79. The third-order valence-electron chi connectivity index (χ3n) is 4.73. The molecule has 1 aromatic heterocycles. The number of hydrogen-bond acceptors (Lipinski definition) is 4. The number of para-hydroxylation sites is 2. The molecule has 0 fully saturated rings. The molecule has 11 heteroatoms. The second-order valence-corrected chi connectivity index (χ2v) is 7.97. The van der Waals surface area contributed by atoms with Crippen molar-refractivity contribution in [1.82, 2.24) is 9.55 Å². The van der Waals surface area contributed by atoms with Gasteiger partial charge in [-0.25, -0.2) is 13.8 Å². The SMILES string of the molecule is O=C(CSc1nc2ccccc2c(=O)n1-c1ccc(F)cc1F)Nc1ccccc1C(F)(F)F. The Bertz CT molecular complexity index is 1450. The maximum Gasteiger partial charge on any atom is 0.418 e. The highest BCUT2D eigenvalue weighted by molar-refractivity contribution is 7.99. The van der Waals surface area contributed by atoms with Gasteiger partial charge < -0.3 is 5.32 Å². The van der Waals surface area contributed by atoms with Crippen molar-refractivity contribution in [2.45, 2.75) is 11.3 Å². The van der Waals surface area contributed by atoms with Crippen molar-refractivity contribution in [2.24, 2.45) is 0 Å². The van der Waals surface area contributed by atoms with E-state index >= 15 is 0 Å². The highest BCUT2D eigenvalue weighted by Crippen LogP contribution is 2.34. The van der Waals surface area contributed by atoms with Gasteiger partial charge in [0.1, 0.15) is 11.6 Å². The van der Waals surface area contributed by atoms with Crippen molar-refractivity contribution >= 4 is 34.3 Å². The minimum absolute atomic E-state index is 0.0894. The summed E-state index contributed by atoms with van der Waals surface area (Å²) >= 11 is 0.723. The number of hydrogen-bond donors (Lipinski definition) is 1. The molecule has 0 aliphatic heterocycles. The Kier molecular flexibility index (Phi) is 6.38. The van der Waals surface area contributed by atoms with Crippen LogP contribution < -0.4 is 10.9 Å². The summed E-state index contributed by atoms with van der Waals surface area (Å²) in [5.74, 6) is -3.10. The van der Waals surface area contributed by atoms with E-state index in [4.69, 9.17) is 0 Å². The second-order valence-electron chi connectivity index (χ2n) is 7.03. The standard InChI is InChI=1S/C23H14F5N3O2S/c24-13-9-10-19(16(25)11-13)31-21(33)14-5-1-3-7-17(14)30-22(31)34-12-20(32)29-18-8-4-2-6-15(18)23(26,27)28/h1-11H,12H2,(H,29,32). The first-order chi connectivity index (χ1) is 16.1. The molecule has 0 aliphatic rings. The largest absolute Gasteiger partial charge is 0.418 e. The predicted octanol–water partition coefficient (Wildman–Crippen LogP) is 5.41. The normalized spacial score (nSPS) is 11.6. The maximum atomic E-state index is 14.5. The second kappa shape index (κ2) is 9.26. The van der Waals surface area contributed by atoms with Gasteiger partial charge in [-0.3, -0.25) is 14.2 Å². The molecule has 3 aromatic carbocycles. The Labute approximate surface area is 193 Å². The maximum absolute atomic E-state index is 14.5. The third-order valence-corrected chi connectivity index (χ3v) is 5.67. The van der Waals surface area contributed by atoms with Gasteiger partial charge in [-0.15, -0.1) is 0 Å². The number of halogens is 5. The van der Waals surface area contributed by atoms with Crippen molar-refractivity contribution in [1.29, 1.82) is 0 Å². The summed E-state index contributed by atoms with van der Waals surface area (Å²) in [4.78, 5) is 29.9. The van der Waals surface area contributed by atoms with E-state index in [2.05, 4.69) is 10.3 Å². The van der Waals surface area contributed by atoms with E-state index in [1.54, 1.807) is 18.2 Å². The smallest absolute Gasteiger partial charge is 0.325 e. The lowest BCUT2D eigenvalue weighted by atomic mass is 10.1. The minimum atomic E-state index is -4.67. The monoisotopic (exact) mass is 491 g/mol. The van der Waals surface area contributed by atoms with Crippen molar-refractivity contribution in [3.63, 3.8) is 0 Å². The van der Waals surface area contributed by atoms with E-state index in [9.17, 15) is 31.5 Å². The number of benzene rings is 3. The molecule has 0 saturated heterocycles. The zero-order valence-corrected chi connectivity index (χ0v) is 17.9. The Balaban J connectivity index is 1.69. The average Bonchev–Trinajstić information content (AvgIpc) is 2.78. The summed E-state index contributed by atoms with van der Waals surface area (Å²) in [5.41, 5.74) is -2.09. The zero-order chi connectivity index (χ0) is 24.5. The van der Waals surface area contributed by atoms with Crippen LogP contribution in [0, 0.1) is 11.6 Å². The molecule has 1 N–H and O–H groups in total. The molecule has 4 aromatic rings. The lowest BCUT2D eigenvalue weighted by Crippen LogP contribution is -2.24. The van der Waals surface area contributed by atoms with Crippen LogP contribution in [0.2, 0.25) is 0 Å². The molecule has 0 spiro atoms. The van der Waals surface area contributed by atoms with Crippen LogP contribution in [0.5, 0.6) is 0 Å². The Morgan fingerprint density at radius 3 is 2.44 bits per heavy atom. The predicted molar refractivity (Wildman–Crippen MR) is 118 cm³/mol. The quantitative estimate of drug-likeness (QED) is 0.230. The molecule has 0 radical (unpaired) electrons. The number of nitrogens with zero attached hydrogens (tertiary/aromatic N) is 2. The molecular formula is C23H14F5N3O2S. The van der Waals surface area contributed by atoms with Crippen molar-refractivity contribution < 1.29 is 26.7 Å². The van der Waals surface area contributed by atoms with E-state index in [-0.39, 0.29) is 21.7 Å². The minimum Gasteiger partial charge on any atom is -0.325 e. The molecule has 34 heavy (non-hydrogen) atoms. The first kappa shape index (κ1) is 23.4. The van der Waals surface area contributed by atoms with Crippen molar-refractivity contribution in [3.8, 4) is 5.69 Å². The first-order valence-electron chi connectivity index (χ1n) is 9.71. The zero-order valence-electron chi connectivity index (χ0n) is 17.1. The summed E-state index contributed by atoms with van der Waals surface area (Å²) in [6.45, 7) is 0. The van der Waals surface area contributed by atoms with Gasteiger partial charge in [-0.1, -0.05) is 36.0 Å². The van der Waals surface area contributed by atoms with E-state index in [0.29, 0.717) is 6.07 Å². The number of alkyl halides is 3. The number of carbonyl (C=O) groups excluding carboxylic acids is 1. The molecule has 0 aliphatic carbocycles. The van der Waals surface area contributed by atoms with Crippen molar-refractivity contribution in [2.75, 3.05) is 11.1 Å². The fourth-order valence-corrected chi connectivity index (χ4v) is 4.05. The molecule has 0 atom stereocenters. The summed E-state index contributed by atoms with van der Waals surface area (Å²) < 4.78 is 68.4. The molecule has 1 amide bonds. The van der Waals surface area contributed by atoms with Gasteiger partial charge in [-0.2, -0.15) is 13.2 Å². The molecule has 4 rings (SSSR count). The number of nitrogens with one attached hydrogen (secondary N) is 1. The number of fused-ring (bicyclic) bond motifs is 1. The van der Waals surface area contributed by atoms with Gasteiger partial charge in [0, 0.05) is 6.07 Å². The van der Waals surface area contributed by atoms with Gasteiger partial charge in [0.25, 0.3) is 5.56 Å². The molecule has 174 valence electrons. The fourth-order valence-electron chi connectivity index (χ4n) is 3.24. The summed E-state index contributed by atoms with van der Waals surface area (Å²) in [6, 6.07) is 13.4. The number of aromatic nitrogens is 2. The average molecular weight is 491 g/mol. The molecule has 0 bridgehead atoms. The number of thioether (sulfide) groups is 1. The summed E-state index contributed by atoms with van der Waals surface area (Å²) in [7, 11) is 0. The van der Waals surface area contributed by atoms with Crippen molar-refractivity contribution in [3.05, 3.63) is 94.3 Å². The van der Waals surface area contributed by atoms with Crippen LogP contribution in [0.4, 0.5) is 27.6 Å². The van der Waals surface area contributed by atoms with Crippen LogP contribution in [0.15, 0.2) is 76.7 Å². The molecular weight excluding hydrogens is 477 g/mol. The van der Waals surface area contributed by atoms with E-state index in [0.717, 1.165) is 40.6 Å². The van der Waals surface area contributed by atoms with E-state index in [1.807, 2.05) is 0 Å². The summed E-state index contributed by atoms with van der Waals surface area (Å²) in [5, 5.41) is 2.28. The van der Waals surface area contributed by atoms with E-state index in [1.165, 1.54) is 18.2 Å². The van der Waals surface area contributed by atoms with Crippen LogP contribution in [0.25, 0.3) is 16.6 Å². The highest BCUT2D eigenvalue weighted by atomic mass is 32.2. The van der Waals surface area contributed by atoms with Gasteiger partial charge >= 0.3 is 6.18 Å². The molecule has 0 unspecified atom stereocenters. The van der Waals surface area contributed by atoms with Gasteiger partial charge in [0.05, 0.1) is 33.6 Å². The number of carbonyl (C=O) groups is 1. The Morgan fingerprint density at radius 1 is 1.00 bits per heavy atom. The number of rotatable bonds is 5. The summed E-state index contributed by atoms with van der Waals surface area (Å²) in [6.07, 6.45) is -4.67. The van der Waals surface area contributed by atoms with Gasteiger partial charge in [0.2, 0.25) is 5.91 Å². The van der Waals surface area contributed by atoms with Crippen LogP contribution >= 0.6 is 11.8 Å². The van der Waals surface area contributed by atoms with Crippen LogP contribution in [-0.2, 0) is 11.0 Å².